The molecule has 32 heavy (non-hydrogen) atoms. The van der Waals surface area contributed by atoms with Crippen molar-refractivity contribution in [2.45, 2.75) is 19.0 Å². The quantitative estimate of drug-likeness (QED) is 0.429. The van der Waals surface area contributed by atoms with Crippen LogP contribution >= 0.6 is 0 Å². The summed E-state index contributed by atoms with van der Waals surface area (Å²) in [5.74, 6) is -0.706. The number of aromatic nitrogens is 1. The molecule has 1 aromatic heterocycles. The van der Waals surface area contributed by atoms with Gasteiger partial charge in [0, 0.05) is 34.4 Å². The van der Waals surface area contributed by atoms with Crippen LogP contribution in [0.25, 0.3) is 27.7 Å². The molecular formula is C25H20F3N3O. The predicted molar refractivity (Wildman–Crippen MR) is 119 cm³/mol. The molecule has 0 spiro atoms. The van der Waals surface area contributed by atoms with Crippen LogP contribution < -0.4 is 11.1 Å². The van der Waals surface area contributed by atoms with E-state index in [1.807, 2.05) is 30.3 Å². The molecule has 0 atom stereocenters. The number of carbonyl (C=O) groups is 1. The number of nitrogens with two attached hydrogens (primary N) is 1. The van der Waals surface area contributed by atoms with Crippen molar-refractivity contribution in [2.24, 2.45) is 5.73 Å². The molecule has 0 saturated carbocycles. The lowest BCUT2D eigenvalue weighted by atomic mass is 9.93. The van der Waals surface area contributed by atoms with Crippen molar-refractivity contribution < 1.29 is 18.0 Å². The van der Waals surface area contributed by atoms with Gasteiger partial charge < -0.3 is 15.6 Å². The van der Waals surface area contributed by atoms with Gasteiger partial charge in [-0.1, -0.05) is 42.5 Å². The maximum Gasteiger partial charge on any atom is 0.416 e. The molecule has 1 aliphatic rings. The Morgan fingerprint density at radius 1 is 1.00 bits per heavy atom. The second-order valence-electron chi connectivity index (χ2n) is 7.86. The van der Waals surface area contributed by atoms with Crippen LogP contribution in [0.5, 0.6) is 0 Å². The van der Waals surface area contributed by atoms with Crippen LogP contribution in [0.2, 0.25) is 0 Å². The fourth-order valence-electron chi connectivity index (χ4n) is 4.55. The SMILES string of the molecule is NC(=O)c1c(-c2cccc3c2NCCC3)c2ccccc2n1-c1cccc(C(F)(F)F)c1. The van der Waals surface area contributed by atoms with Crippen LogP contribution in [0, 0.1) is 0 Å². The lowest BCUT2D eigenvalue weighted by molar-refractivity contribution is -0.137. The van der Waals surface area contributed by atoms with Crippen molar-refractivity contribution in [3.05, 3.63) is 83.6 Å². The van der Waals surface area contributed by atoms with Crippen LogP contribution in [-0.2, 0) is 12.6 Å². The predicted octanol–water partition coefficient (Wildman–Crippen LogP) is 5.77. The molecule has 0 unspecified atom stereocenters. The van der Waals surface area contributed by atoms with E-state index < -0.39 is 17.6 Å². The number of halogens is 3. The number of aryl methyl sites for hydroxylation is 1. The molecule has 0 radical (unpaired) electrons. The van der Waals surface area contributed by atoms with Crippen LogP contribution in [0.4, 0.5) is 18.9 Å². The lowest BCUT2D eigenvalue weighted by Crippen LogP contribution is -2.18. The minimum atomic E-state index is -4.50. The number of rotatable bonds is 3. The zero-order valence-electron chi connectivity index (χ0n) is 17.0. The molecule has 3 N–H and O–H groups in total. The molecule has 3 aromatic carbocycles. The van der Waals surface area contributed by atoms with Crippen LogP contribution in [0.3, 0.4) is 0 Å². The largest absolute Gasteiger partial charge is 0.416 e. The van der Waals surface area contributed by atoms with Crippen LogP contribution in [-0.4, -0.2) is 17.0 Å². The Bertz CT molecular complexity index is 1350. The molecule has 0 fully saturated rings. The first-order valence-corrected chi connectivity index (χ1v) is 10.3. The van der Waals surface area contributed by atoms with Gasteiger partial charge in [-0.25, -0.2) is 0 Å². The monoisotopic (exact) mass is 435 g/mol. The highest BCUT2D eigenvalue weighted by atomic mass is 19.4. The standard InChI is InChI=1S/C25H20F3N3O/c26-25(27,28)16-8-4-9-17(14-16)31-20-12-2-1-10-18(20)21(23(31)24(29)32)19-11-3-6-15-7-5-13-30-22(15)19/h1-4,6,8-12,14,30H,5,7,13H2,(H2,29,32). The number of fused-ring (bicyclic) bond motifs is 2. The molecule has 0 bridgehead atoms. The summed E-state index contributed by atoms with van der Waals surface area (Å²) in [5.41, 5.74) is 9.58. The molecule has 7 heteroatoms. The molecule has 0 saturated heterocycles. The van der Waals surface area contributed by atoms with Crippen molar-refractivity contribution in [1.82, 2.24) is 4.57 Å². The number of para-hydroxylation sites is 2. The Labute approximate surface area is 182 Å². The second-order valence-corrected chi connectivity index (χ2v) is 7.86. The Morgan fingerprint density at radius 3 is 2.56 bits per heavy atom. The molecule has 2 heterocycles. The zero-order chi connectivity index (χ0) is 22.5. The van der Waals surface area contributed by atoms with Gasteiger partial charge in [-0.3, -0.25) is 4.79 Å². The third-order valence-electron chi connectivity index (χ3n) is 5.88. The molecule has 5 rings (SSSR count). The van der Waals surface area contributed by atoms with E-state index in [1.165, 1.54) is 10.6 Å². The minimum absolute atomic E-state index is 0.159. The van der Waals surface area contributed by atoms with Crippen LogP contribution in [0.1, 0.15) is 28.0 Å². The van der Waals surface area contributed by atoms with Gasteiger partial charge in [0.1, 0.15) is 5.69 Å². The van der Waals surface area contributed by atoms with Gasteiger partial charge in [0.2, 0.25) is 0 Å². The fraction of sp³-hybridized carbons (Fsp3) is 0.160. The number of amides is 1. The number of anilines is 1. The summed E-state index contributed by atoms with van der Waals surface area (Å²) < 4.78 is 41.8. The molecule has 1 aliphatic heterocycles. The van der Waals surface area contributed by atoms with Gasteiger partial charge in [-0.2, -0.15) is 13.2 Å². The number of primary amides is 1. The van der Waals surface area contributed by atoms with Gasteiger partial charge in [0.15, 0.2) is 0 Å². The fourth-order valence-corrected chi connectivity index (χ4v) is 4.55. The lowest BCUT2D eigenvalue weighted by Gasteiger charge is -2.21. The Balaban J connectivity index is 1.87. The van der Waals surface area contributed by atoms with E-state index in [2.05, 4.69) is 5.32 Å². The smallest absolute Gasteiger partial charge is 0.384 e. The Kier molecular flexibility index (Phi) is 4.69. The van der Waals surface area contributed by atoms with Gasteiger partial charge in [0.25, 0.3) is 5.91 Å². The number of nitrogens with zero attached hydrogens (tertiary/aromatic N) is 1. The van der Waals surface area contributed by atoms with Gasteiger partial charge in [0.05, 0.1) is 11.1 Å². The Morgan fingerprint density at radius 2 is 1.78 bits per heavy atom. The summed E-state index contributed by atoms with van der Waals surface area (Å²) in [6.07, 6.45) is -2.59. The topological polar surface area (TPSA) is 60.1 Å². The minimum Gasteiger partial charge on any atom is -0.384 e. The second kappa shape index (κ2) is 7.44. The number of alkyl halides is 3. The average Bonchev–Trinajstić information content (AvgIpc) is 3.14. The summed E-state index contributed by atoms with van der Waals surface area (Å²) in [4.78, 5) is 12.8. The highest BCUT2D eigenvalue weighted by Crippen LogP contribution is 2.42. The number of hydrogen-bond acceptors (Lipinski definition) is 2. The first-order chi connectivity index (χ1) is 15.4. The summed E-state index contributed by atoms with van der Waals surface area (Å²) in [6, 6.07) is 18.1. The third-order valence-corrected chi connectivity index (χ3v) is 5.88. The molecule has 162 valence electrons. The van der Waals surface area contributed by atoms with E-state index in [0.29, 0.717) is 11.1 Å². The van der Waals surface area contributed by atoms with Crippen molar-refractivity contribution in [3.63, 3.8) is 0 Å². The van der Waals surface area contributed by atoms with Crippen molar-refractivity contribution in [2.75, 3.05) is 11.9 Å². The number of nitrogens with one attached hydrogen (secondary N) is 1. The van der Waals surface area contributed by atoms with E-state index in [1.54, 1.807) is 18.2 Å². The molecule has 4 nitrogen and oxygen atoms in total. The van der Waals surface area contributed by atoms with Crippen molar-refractivity contribution in [3.8, 4) is 16.8 Å². The van der Waals surface area contributed by atoms with Crippen LogP contribution in [0.15, 0.2) is 66.7 Å². The van der Waals surface area contributed by atoms with E-state index in [-0.39, 0.29) is 11.4 Å². The molecule has 4 aromatic rings. The maximum absolute atomic E-state index is 13.4. The highest BCUT2D eigenvalue weighted by molar-refractivity contribution is 6.12. The summed E-state index contributed by atoms with van der Waals surface area (Å²) >= 11 is 0. The van der Waals surface area contributed by atoms with E-state index in [0.717, 1.165) is 53.7 Å². The van der Waals surface area contributed by atoms with Gasteiger partial charge >= 0.3 is 6.18 Å². The average molecular weight is 435 g/mol. The summed E-state index contributed by atoms with van der Waals surface area (Å²) in [7, 11) is 0. The third kappa shape index (κ3) is 3.21. The normalized spacial score (nSPS) is 13.6. The molecule has 0 aliphatic carbocycles. The highest BCUT2D eigenvalue weighted by Gasteiger charge is 2.32. The van der Waals surface area contributed by atoms with Crippen molar-refractivity contribution in [1.29, 1.82) is 0 Å². The van der Waals surface area contributed by atoms with Gasteiger partial charge in [-0.05, 0) is 42.7 Å². The Hall–Kier alpha value is -3.74. The summed E-state index contributed by atoms with van der Waals surface area (Å²) in [6.45, 7) is 0.808. The number of carbonyl (C=O) groups excluding carboxylic acids is 1. The summed E-state index contributed by atoms with van der Waals surface area (Å²) in [5, 5.41) is 4.18. The maximum atomic E-state index is 13.4. The van der Waals surface area contributed by atoms with Gasteiger partial charge in [-0.15, -0.1) is 0 Å². The molecule has 1 amide bonds. The zero-order valence-corrected chi connectivity index (χ0v) is 17.0. The molecular weight excluding hydrogens is 415 g/mol. The number of hydrogen-bond donors (Lipinski definition) is 2. The van der Waals surface area contributed by atoms with E-state index >= 15 is 0 Å². The van der Waals surface area contributed by atoms with E-state index in [4.69, 9.17) is 5.73 Å². The first kappa shape index (κ1) is 20.2. The number of benzene rings is 3. The first-order valence-electron chi connectivity index (χ1n) is 10.3. The van der Waals surface area contributed by atoms with Crippen molar-refractivity contribution >= 4 is 22.5 Å². The van der Waals surface area contributed by atoms with E-state index in [9.17, 15) is 18.0 Å².